The van der Waals surface area contributed by atoms with Crippen molar-refractivity contribution in [3.05, 3.63) is 27.7 Å². The van der Waals surface area contributed by atoms with Crippen molar-refractivity contribution in [3.63, 3.8) is 0 Å². The van der Waals surface area contributed by atoms with Crippen LogP contribution in [0.3, 0.4) is 0 Å². The first-order chi connectivity index (χ1) is 11.0. The summed E-state index contributed by atoms with van der Waals surface area (Å²) in [6.45, 7) is 8.31. The lowest BCUT2D eigenvalue weighted by atomic mass is 10.4. The first kappa shape index (κ1) is 20.8. The average Bonchev–Trinajstić information content (AvgIpc) is 3.08. The molecule has 9 heteroatoms. The third-order valence-corrected chi connectivity index (χ3v) is 4.55. The summed E-state index contributed by atoms with van der Waals surface area (Å²) in [6, 6.07) is 0. The number of rotatable bonds is 6. The Bertz CT molecular complexity index is 665. The van der Waals surface area contributed by atoms with Gasteiger partial charge in [-0.2, -0.15) is 0 Å². The zero-order chi connectivity index (χ0) is 16.8. The highest BCUT2D eigenvalue weighted by Gasteiger charge is 2.09. The molecule has 0 aliphatic carbocycles. The van der Waals surface area contributed by atoms with E-state index in [4.69, 9.17) is 0 Å². The van der Waals surface area contributed by atoms with Crippen LogP contribution in [0, 0.1) is 13.8 Å². The molecule has 0 radical (unpaired) electrons. The van der Waals surface area contributed by atoms with Gasteiger partial charge < -0.3 is 14.8 Å². The molecular weight excluding hydrogens is 437 g/mol. The minimum Gasteiger partial charge on any atom is -0.357 e. The maximum atomic E-state index is 4.67. The summed E-state index contributed by atoms with van der Waals surface area (Å²) in [5, 5.41) is 12.7. The number of nitrogens with zero attached hydrogens (tertiary/aromatic N) is 6. The summed E-state index contributed by atoms with van der Waals surface area (Å²) in [6.07, 6.45) is 2.85. The van der Waals surface area contributed by atoms with Crippen LogP contribution in [0.15, 0.2) is 11.2 Å². The van der Waals surface area contributed by atoms with Crippen LogP contribution < -0.4 is 5.32 Å². The fourth-order valence-corrected chi connectivity index (χ4v) is 2.87. The van der Waals surface area contributed by atoms with Gasteiger partial charge in [0.05, 0.1) is 5.01 Å². The lowest BCUT2D eigenvalue weighted by molar-refractivity contribution is 0.484. The smallest absolute Gasteiger partial charge is 0.194 e. The van der Waals surface area contributed by atoms with Crippen LogP contribution in [0.4, 0.5) is 0 Å². The molecule has 24 heavy (non-hydrogen) atoms. The largest absolute Gasteiger partial charge is 0.357 e. The molecule has 2 rings (SSSR count). The lowest BCUT2D eigenvalue weighted by Gasteiger charge is -2.21. The van der Waals surface area contributed by atoms with E-state index in [1.54, 1.807) is 11.3 Å². The van der Waals surface area contributed by atoms with Gasteiger partial charge in [-0.1, -0.05) is 0 Å². The number of thiazole rings is 1. The summed E-state index contributed by atoms with van der Waals surface area (Å²) in [7, 11) is 4.01. The standard InChI is InChI=1S/C15H25N7S.HI/c1-6-16-15(18-10-13-20-19-12(3)22(13)5)21(4)8-7-14-17-9-11(2)23-14;/h9H,6-8,10H2,1-5H3,(H,16,18);1H. The maximum absolute atomic E-state index is 4.67. The van der Waals surface area contributed by atoms with Crippen molar-refractivity contribution in [1.29, 1.82) is 0 Å². The van der Waals surface area contributed by atoms with Gasteiger partial charge in [0.15, 0.2) is 11.8 Å². The van der Waals surface area contributed by atoms with Gasteiger partial charge in [-0.25, -0.2) is 9.98 Å². The Labute approximate surface area is 164 Å². The van der Waals surface area contributed by atoms with Crippen LogP contribution in [0.25, 0.3) is 0 Å². The Hall–Kier alpha value is -1.23. The predicted octanol–water partition coefficient (Wildman–Crippen LogP) is 2.15. The fourth-order valence-electron chi connectivity index (χ4n) is 2.09. The SMILES string of the molecule is CCNC(=NCc1nnc(C)n1C)N(C)CCc1ncc(C)s1.I. The molecule has 134 valence electrons. The summed E-state index contributed by atoms with van der Waals surface area (Å²) in [5.74, 6) is 2.64. The van der Waals surface area contributed by atoms with Gasteiger partial charge >= 0.3 is 0 Å². The Morgan fingerprint density at radius 3 is 2.67 bits per heavy atom. The first-order valence-electron chi connectivity index (χ1n) is 7.77. The Balaban J connectivity index is 0.00000288. The molecule has 0 amide bonds. The summed E-state index contributed by atoms with van der Waals surface area (Å²) >= 11 is 1.75. The van der Waals surface area contributed by atoms with Gasteiger partial charge in [-0.05, 0) is 20.8 Å². The van der Waals surface area contributed by atoms with Crippen molar-refractivity contribution in [2.45, 2.75) is 33.7 Å². The van der Waals surface area contributed by atoms with Crippen molar-refractivity contribution in [2.24, 2.45) is 12.0 Å². The summed E-state index contributed by atoms with van der Waals surface area (Å²) in [4.78, 5) is 12.5. The number of hydrogen-bond donors (Lipinski definition) is 1. The van der Waals surface area contributed by atoms with Gasteiger partial charge in [-0.15, -0.1) is 45.5 Å². The van der Waals surface area contributed by atoms with Crippen LogP contribution in [0.2, 0.25) is 0 Å². The van der Waals surface area contributed by atoms with Crippen LogP contribution in [-0.4, -0.2) is 50.7 Å². The highest BCUT2D eigenvalue weighted by molar-refractivity contribution is 14.0. The zero-order valence-electron chi connectivity index (χ0n) is 14.9. The molecular formula is C15H26IN7S. The summed E-state index contributed by atoms with van der Waals surface area (Å²) < 4.78 is 1.96. The highest BCUT2D eigenvalue weighted by Crippen LogP contribution is 2.11. The number of hydrogen-bond acceptors (Lipinski definition) is 5. The molecule has 2 heterocycles. The number of halogens is 1. The van der Waals surface area contributed by atoms with Crippen LogP contribution in [0.5, 0.6) is 0 Å². The normalized spacial score (nSPS) is 11.3. The molecule has 1 N–H and O–H groups in total. The van der Waals surface area contributed by atoms with E-state index in [2.05, 4.69) is 44.2 Å². The number of guanidine groups is 1. The predicted molar refractivity (Wildman–Crippen MR) is 109 cm³/mol. The fraction of sp³-hybridized carbons (Fsp3) is 0.600. The molecule has 0 aromatic carbocycles. The van der Waals surface area contributed by atoms with E-state index in [9.17, 15) is 0 Å². The van der Waals surface area contributed by atoms with Crippen molar-refractivity contribution < 1.29 is 0 Å². The maximum Gasteiger partial charge on any atom is 0.194 e. The van der Waals surface area contributed by atoms with Gasteiger partial charge in [0.2, 0.25) is 0 Å². The molecule has 0 aliphatic heterocycles. The third kappa shape index (κ3) is 5.69. The minimum atomic E-state index is 0. The second kappa shape index (κ2) is 9.92. The molecule has 0 atom stereocenters. The third-order valence-electron chi connectivity index (χ3n) is 3.58. The topological polar surface area (TPSA) is 71.2 Å². The number of aromatic nitrogens is 4. The average molecular weight is 463 g/mol. The quantitative estimate of drug-likeness (QED) is 0.404. The van der Waals surface area contributed by atoms with E-state index in [-0.39, 0.29) is 24.0 Å². The number of aryl methyl sites for hydroxylation is 2. The molecule has 0 aliphatic rings. The van der Waals surface area contributed by atoms with Crippen molar-refractivity contribution in [2.75, 3.05) is 20.1 Å². The molecule has 2 aromatic rings. The van der Waals surface area contributed by atoms with E-state index >= 15 is 0 Å². The molecule has 0 saturated carbocycles. The molecule has 0 saturated heterocycles. The molecule has 0 fully saturated rings. The number of nitrogens with one attached hydrogen (secondary N) is 1. The Morgan fingerprint density at radius 2 is 2.12 bits per heavy atom. The molecule has 0 bridgehead atoms. The van der Waals surface area contributed by atoms with Crippen LogP contribution >= 0.6 is 35.3 Å². The van der Waals surface area contributed by atoms with Crippen LogP contribution in [-0.2, 0) is 20.0 Å². The van der Waals surface area contributed by atoms with Gasteiger partial charge in [0.1, 0.15) is 12.4 Å². The zero-order valence-corrected chi connectivity index (χ0v) is 18.1. The van der Waals surface area contributed by atoms with Crippen molar-refractivity contribution in [3.8, 4) is 0 Å². The molecule has 2 aromatic heterocycles. The van der Waals surface area contributed by atoms with E-state index in [0.29, 0.717) is 6.54 Å². The minimum absolute atomic E-state index is 0. The molecule has 0 spiro atoms. The van der Waals surface area contributed by atoms with Crippen LogP contribution in [0.1, 0.15) is 28.5 Å². The van der Waals surface area contributed by atoms with Crippen molar-refractivity contribution in [1.82, 2.24) is 30.0 Å². The molecule has 7 nitrogen and oxygen atoms in total. The number of aliphatic imine (C=N–C) groups is 1. The number of likely N-dealkylation sites (N-methyl/N-ethyl adjacent to an activating group) is 1. The van der Waals surface area contributed by atoms with E-state index < -0.39 is 0 Å². The van der Waals surface area contributed by atoms with Crippen molar-refractivity contribution >= 4 is 41.3 Å². The van der Waals surface area contributed by atoms with Gasteiger partial charge in [0, 0.05) is 44.7 Å². The Morgan fingerprint density at radius 1 is 1.38 bits per heavy atom. The summed E-state index contributed by atoms with van der Waals surface area (Å²) in [5.41, 5.74) is 0. The van der Waals surface area contributed by atoms with E-state index in [1.165, 1.54) is 4.88 Å². The second-order valence-electron chi connectivity index (χ2n) is 5.43. The van der Waals surface area contributed by atoms with E-state index in [1.807, 2.05) is 31.8 Å². The Kier molecular flexibility index (Phi) is 8.60. The first-order valence-corrected chi connectivity index (χ1v) is 8.58. The van der Waals surface area contributed by atoms with Gasteiger partial charge in [-0.3, -0.25) is 0 Å². The van der Waals surface area contributed by atoms with Gasteiger partial charge in [0.25, 0.3) is 0 Å². The highest BCUT2D eigenvalue weighted by atomic mass is 127. The van der Waals surface area contributed by atoms with E-state index in [0.717, 1.165) is 42.1 Å². The lowest BCUT2D eigenvalue weighted by Crippen LogP contribution is -2.40. The second-order valence-corrected chi connectivity index (χ2v) is 6.75. The molecule has 0 unspecified atom stereocenters. The monoisotopic (exact) mass is 463 g/mol.